The average Bonchev–Trinajstić information content (AvgIpc) is 2.66. The monoisotopic (exact) mass is 346 g/mol. The third-order valence-corrected chi connectivity index (χ3v) is 4.11. The van der Waals surface area contributed by atoms with Crippen molar-refractivity contribution in [2.24, 2.45) is 5.10 Å². The zero-order chi connectivity index (χ0) is 18.5. The molecule has 3 rings (SSSR count). The molecule has 5 nitrogen and oxygen atoms in total. The van der Waals surface area contributed by atoms with Crippen LogP contribution in [0.4, 0.5) is 5.82 Å². The zero-order valence-electron chi connectivity index (χ0n) is 15.2. The standard InChI is InChI=1S/C21H22N4O/c1-14-8-10-17(11-9-14)15(2)24-25-21-12-20(22-16(3)23-21)19-7-5-4-6-18(19)13-26/h4-12,26H,13H2,1-3H3,(H,22,23,25)/b24-15+. The predicted molar refractivity (Wildman–Crippen MR) is 105 cm³/mol. The summed E-state index contributed by atoms with van der Waals surface area (Å²) in [5, 5.41) is 14.0. The van der Waals surface area contributed by atoms with Gasteiger partial charge in [0.25, 0.3) is 0 Å². The summed E-state index contributed by atoms with van der Waals surface area (Å²) in [5.74, 6) is 1.26. The minimum Gasteiger partial charge on any atom is -0.392 e. The van der Waals surface area contributed by atoms with Crippen molar-refractivity contribution in [3.63, 3.8) is 0 Å². The van der Waals surface area contributed by atoms with Gasteiger partial charge in [0, 0.05) is 11.6 Å². The molecule has 0 spiro atoms. The maximum atomic E-state index is 9.56. The molecule has 0 aliphatic heterocycles. The van der Waals surface area contributed by atoms with Crippen molar-refractivity contribution in [2.75, 3.05) is 5.43 Å². The second-order valence-electron chi connectivity index (χ2n) is 6.18. The van der Waals surface area contributed by atoms with Gasteiger partial charge in [0.15, 0.2) is 0 Å². The largest absolute Gasteiger partial charge is 0.392 e. The van der Waals surface area contributed by atoms with Gasteiger partial charge in [-0.05, 0) is 31.9 Å². The first-order valence-electron chi connectivity index (χ1n) is 8.49. The van der Waals surface area contributed by atoms with Gasteiger partial charge in [-0.1, -0.05) is 54.1 Å². The fourth-order valence-electron chi connectivity index (χ4n) is 2.67. The molecule has 26 heavy (non-hydrogen) atoms. The molecule has 1 heterocycles. The molecule has 0 atom stereocenters. The van der Waals surface area contributed by atoms with Gasteiger partial charge in [-0.25, -0.2) is 9.97 Å². The maximum Gasteiger partial charge on any atom is 0.150 e. The summed E-state index contributed by atoms with van der Waals surface area (Å²) in [6.45, 7) is 5.82. The maximum absolute atomic E-state index is 9.56. The fourth-order valence-corrected chi connectivity index (χ4v) is 2.67. The molecule has 132 valence electrons. The van der Waals surface area contributed by atoms with E-state index in [1.165, 1.54) is 5.56 Å². The minimum atomic E-state index is -0.0350. The molecule has 0 saturated heterocycles. The van der Waals surface area contributed by atoms with Gasteiger partial charge < -0.3 is 5.11 Å². The van der Waals surface area contributed by atoms with E-state index in [0.29, 0.717) is 11.6 Å². The van der Waals surface area contributed by atoms with Crippen molar-refractivity contribution in [1.29, 1.82) is 0 Å². The van der Waals surface area contributed by atoms with Crippen LogP contribution in [-0.2, 0) is 6.61 Å². The molecule has 1 aromatic heterocycles. The van der Waals surface area contributed by atoms with E-state index in [1.807, 2.05) is 56.3 Å². The molecular weight excluding hydrogens is 324 g/mol. The Bertz CT molecular complexity index is 933. The van der Waals surface area contributed by atoms with Crippen LogP contribution >= 0.6 is 0 Å². The Balaban J connectivity index is 1.88. The Morgan fingerprint density at radius 2 is 1.77 bits per heavy atom. The fraction of sp³-hybridized carbons (Fsp3) is 0.190. The number of nitrogens with one attached hydrogen (secondary N) is 1. The Morgan fingerprint density at radius 1 is 1.04 bits per heavy atom. The molecular formula is C21H22N4O. The number of hydrogen-bond donors (Lipinski definition) is 2. The van der Waals surface area contributed by atoms with Crippen molar-refractivity contribution in [3.8, 4) is 11.3 Å². The lowest BCUT2D eigenvalue weighted by Crippen LogP contribution is -2.03. The first-order chi connectivity index (χ1) is 12.6. The van der Waals surface area contributed by atoms with E-state index in [9.17, 15) is 5.11 Å². The van der Waals surface area contributed by atoms with Crippen LogP contribution in [-0.4, -0.2) is 20.8 Å². The minimum absolute atomic E-state index is 0.0350. The van der Waals surface area contributed by atoms with Gasteiger partial charge in [-0.2, -0.15) is 5.10 Å². The molecule has 0 fully saturated rings. The molecule has 0 radical (unpaired) electrons. The number of aryl methyl sites for hydroxylation is 2. The van der Waals surface area contributed by atoms with E-state index in [0.717, 1.165) is 28.1 Å². The summed E-state index contributed by atoms with van der Waals surface area (Å²) in [4.78, 5) is 8.90. The van der Waals surface area contributed by atoms with Crippen LogP contribution in [0, 0.1) is 13.8 Å². The second kappa shape index (κ2) is 7.89. The lowest BCUT2D eigenvalue weighted by molar-refractivity contribution is 0.282. The van der Waals surface area contributed by atoms with Crippen LogP contribution in [0.15, 0.2) is 59.7 Å². The van der Waals surface area contributed by atoms with Gasteiger partial charge in [-0.3, -0.25) is 5.43 Å². The number of hydrazone groups is 1. The van der Waals surface area contributed by atoms with Gasteiger partial charge in [0.05, 0.1) is 18.0 Å². The number of aliphatic hydroxyl groups is 1. The number of rotatable bonds is 5. The Morgan fingerprint density at radius 3 is 2.50 bits per heavy atom. The van der Waals surface area contributed by atoms with Crippen LogP contribution in [0.5, 0.6) is 0 Å². The van der Waals surface area contributed by atoms with Crippen LogP contribution in [0.3, 0.4) is 0 Å². The highest BCUT2D eigenvalue weighted by molar-refractivity contribution is 5.99. The molecule has 3 aromatic rings. The third kappa shape index (κ3) is 4.13. The molecule has 0 aliphatic carbocycles. The van der Waals surface area contributed by atoms with Gasteiger partial charge in [-0.15, -0.1) is 0 Å². The van der Waals surface area contributed by atoms with E-state index in [4.69, 9.17) is 0 Å². The highest BCUT2D eigenvalue weighted by Gasteiger charge is 2.08. The van der Waals surface area contributed by atoms with E-state index in [1.54, 1.807) is 0 Å². The third-order valence-electron chi connectivity index (χ3n) is 4.11. The Kier molecular flexibility index (Phi) is 5.39. The van der Waals surface area contributed by atoms with Crippen molar-refractivity contribution in [2.45, 2.75) is 27.4 Å². The summed E-state index contributed by atoms with van der Waals surface area (Å²) in [7, 11) is 0. The van der Waals surface area contributed by atoms with E-state index in [2.05, 4.69) is 39.6 Å². The second-order valence-corrected chi connectivity index (χ2v) is 6.18. The van der Waals surface area contributed by atoms with Gasteiger partial charge in [0.1, 0.15) is 11.6 Å². The summed E-state index contributed by atoms with van der Waals surface area (Å²) < 4.78 is 0. The molecule has 5 heteroatoms. The van der Waals surface area contributed by atoms with Crippen LogP contribution in [0.1, 0.15) is 29.4 Å². The number of anilines is 1. The molecule has 0 aliphatic rings. The molecule has 2 N–H and O–H groups in total. The number of benzene rings is 2. The van der Waals surface area contributed by atoms with Gasteiger partial charge >= 0.3 is 0 Å². The lowest BCUT2D eigenvalue weighted by Gasteiger charge is -2.09. The number of aromatic nitrogens is 2. The number of aliphatic hydroxyl groups excluding tert-OH is 1. The number of hydrogen-bond acceptors (Lipinski definition) is 5. The van der Waals surface area contributed by atoms with Gasteiger partial charge in [0.2, 0.25) is 0 Å². The summed E-state index contributed by atoms with van der Waals surface area (Å²) in [6.07, 6.45) is 0. The Hall–Kier alpha value is -3.05. The highest BCUT2D eigenvalue weighted by Crippen LogP contribution is 2.24. The van der Waals surface area contributed by atoms with Crippen LogP contribution < -0.4 is 5.43 Å². The normalized spacial score (nSPS) is 11.5. The van der Waals surface area contributed by atoms with E-state index in [-0.39, 0.29) is 6.61 Å². The first-order valence-corrected chi connectivity index (χ1v) is 8.49. The van der Waals surface area contributed by atoms with E-state index >= 15 is 0 Å². The van der Waals surface area contributed by atoms with Crippen LogP contribution in [0.25, 0.3) is 11.3 Å². The van der Waals surface area contributed by atoms with E-state index < -0.39 is 0 Å². The topological polar surface area (TPSA) is 70.4 Å². The van der Waals surface area contributed by atoms with Crippen molar-refractivity contribution in [1.82, 2.24) is 9.97 Å². The van der Waals surface area contributed by atoms with Crippen LogP contribution in [0.2, 0.25) is 0 Å². The zero-order valence-corrected chi connectivity index (χ0v) is 15.2. The lowest BCUT2D eigenvalue weighted by atomic mass is 10.0. The summed E-state index contributed by atoms with van der Waals surface area (Å²) >= 11 is 0. The van der Waals surface area contributed by atoms with Crippen molar-refractivity contribution < 1.29 is 5.11 Å². The smallest absolute Gasteiger partial charge is 0.150 e. The molecule has 0 saturated carbocycles. The summed E-state index contributed by atoms with van der Waals surface area (Å²) in [6, 6.07) is 17.7. The number of nitrogens with zero attached hydrogens (tertiary/aromatic N) is 3. The SMILES string of the molecule is C/C(=N\Nc1cc(-c2ccccc2CO)nc(C)n1)c1ccc(C)cc1. The molecule has 0 amide bonds. The Labute approximate surface area is 153 Å². The average molecular weight is 346 g/mol. The molecule has 0 bridgehead atoms. The quantitative estimate of drug-likeness (QED) is 0.539. The summed E-state index contributed by atoms with van der Waals surface area (Å²) in [5.41, 5.74) is 8.64. The van der Waals surface area contributed by atoms with Crippen molar-refractivity contribution >= 4 is 11.5 Å². The first kappa shape index (κ1) is 17.8. The highest BCUT2D eigenvalue weighted by atomic mass is 16.3. The predicted octanol–water partition coefficient (Wildman–Crippen LogP) is 4.09. The molecule has 0 unspecified atom stereocenters. The molecule has 2 aromatic carbocycles. The van der Waals surface area contributed by atoms with Crippen molar-refractivity contribution in [3.05, 3.63) is 77.1 Å².